The van der Waals surface area contributed by atoms with Gasteiger partial charge in [0, 0.05) is 29.7 Å². The molecule has 9 nitrogen and oxygen atoms in total. The van der Waals surface area contributed by atoms with E-state index in [1.54, 1.807) is 40.3 Å². The number of amides is 2. The third-order valence-corrected chi connectivity index (χ3v) is 10.6. The summed E-state index contributed by atoms with van der Waals surface area (Å²) in [6.45, 7) is 12.0. The number of piperidine rings is 2. The minimum atomic E-state index is -0.649. The van der Waals surface area contributed by atoms with Crippen molar-refractivity contribution in [3.05, 3.63) is 46.7 Å². The van der Waals surface area contributed by atoms with Gasteiger partial charge in [0.1, 0.15) is 5.69 Å². The molecule has 10 heteroatoms. The fraction of sp³-hybridized carbons (Fsp3) is 0.516. The van der Waals surface area contributed by atoms with Gasteiger partial charge < -0.3 is 10.2 Å². The number of thiazole rings is 1. The molecule has 0 aliphatic carbocycles. The number of hydrogen-bond donors (Lipinski definition) is 2. The molecule has 2 saturated heterocycles. The highest BCUT2D eigenvalue weighted by atomic mass is 32.1. The average Bonchev–Trinajstić information content (AvgIpc) is 3.58. The number of carbonyl (C=O) groups excluding carboxylic acids is 2. The first kappa shape index (κ1) is 27.9. The van der Waals surface area contributed by atoms with Gasteiger partial charge in [-0.2, -0.15) is 5.43 Å². The Bertz CT molecular complexity index is 1530. The van der Waals surface area contributed by atoms with Crippen LogP contribution in [0.1, 0.15) is 88.4 Å². The molecule has 2 aromatic heterocycles. The van der Waals surface area contributed by atoms with Crippen LogP contribution in [-0.2, 0) is 9.59 Å². The predicted octanol–water partition coefficient (Wildman–Crippen LogP) is 4.54. The van der Waals surface area contributed by atoms with Crippen LogP contribution < -0.4 is 10.7 Å². The molecule has 0 bridgehead atoms. The molecule has 1 aromatic carbocycles. The van der Waals surface area contributed by atoms with Crippen LogP contribution in [0.2, 0.25) is 0 Å². The number of fused-ring (bicyclic) bond motifs is 2. The summed E-state index contributed by atoms with van der Waals surface area (Å²) in [5, 5.41) is 8.13. The van der Waals surface area contributed by atoms with E-state index in [1.807, 2.05) is 0 Å². The molecule has 2 fully saturated rings. The minimum Gasteiger partial charge on any atom is -0.327 e. The second-order valence-corrected chi connectivity index (χ2v) is 14.3. The third kappa shape index (κ3) is 5.17. The summed E-state index contributed by atoms with van der Waals surface area (Å²) in [7, 11) is 2.23. The Morgan fingerprint density at radius 2 is 1.85 bits per heavy atom. The Kier molecular flexibility index (Phi) is 6.99. The molecule has 0 spiro atoms. The molecule has 3 aliphatic rings. The molecule has 3 aliphatic heterocycles. The summed E-state index contributed by atoms with van der Waals surface area (Å²) in [4.78, 5) is 40.4. The monoisotopic (exact) mass is 574 g/mol. The van der Waals surface area contributed by atoms with E-state index < -0.39 is 11.8 Å². The minimum absolute atomic E-state index is 0.0939. The number of carbonyl (C=O) groups is 2. The number of quaternary nitrogens is 1. The van der Waals surface area contributed by atoms with Crippen LogP contribution in [-0.4, -0.2) is 62.5 Å². The zero-order valence-corrected chi connectivity index (χ0v) is 25.6. The number of hydrogen-bond acceptors (Lipinski definition) is 7. The van der Waals surface area contributed by atoms with Crippen molar-refractivity contribution in [3.63, 3.8) is 0 Å². The molecule has 3 N–H and O–H groups in total. The lowest BCUT2D eigenvalue weighted by atomic mass is 9.74. The zero-order valence-electron chi connectivity index (χ0n) is 24.8. The highest BCUT2D eigenvalue weighted by Crippen LogP contribution is 2.46. The lowest BCUT2D eigenvalue weighted by molar-refractivity contribution is -0.572. The highest BCUT2D eigenvalue weighted by molar-refractivity contribution is 7.18. The number of nitrogens with one attached hydrogen (secondary N) is 1. The molecule has 216 valence electrons. The maximum absolute atomic E-state index is 13.6. The van der Waals surface area contributed by atoms with Gasteiger partial charge in [0.2, 0.25) is 0 Å². The van der Waals surface area contributed by atoms with Gasteiger partial charge in [-0.15, -0.1) is 11.3 Å². The van der Waals surface area contributed by atoms with Crippen molar-refractivity contribution in [2.24, 2.45) is 11.0 Å². The van der Waals surface area contributed by atoms with Gasteiger partial charge in [-0.3, -0.25) is 19.5 Å². The number of pyridine rings is 1. The first-order valence-corrected chi connectivity index (χ1v) is 15.4. The number of likely N-dealkylation sites (tertiary alicyclic amines) is 2. The van der Waals surface area contributed by atoms with Crippen molar-refractivity contribution in [2.75, 3.05) is 18.9 Å². The van der Waals surface area contributed by atoms with Crippen LogP contribution >= 0.6 is 11.3 Å². The molecule has 0 saturated carbocycles. The van der Waals surface area contributed by atoms with E-state index in [9.17, 15) is 9.59 Å². The van der Waals surface area contributed by atoms with Gasteiger partial charge in [0.05, 0.1) is 39.2 Å². The zero-order chi connectivity index (χ0) is 29.1. The van der Waals surface area contributed by atoms with Crippen LogP contribution in [0.15, 0.2) is 35.7 Å². The second-order valence-electron chi connectivity index (χ2n) is 13.3. The average molecular weight is 575 g/mol. The Balaban J connectivity index is 1.24. The first-order chi connectivity index (χ1) is 19.4. The molecule has 0 unspecified atom stereocenters. The normalized spacial score (nSPS) is 24.0. The number of aromatic nitrogens is 2. The van der Waals surface area contributed by atoms with Crippen LogP contribution in [0, 0.1) is 5.92 Å². The van der Waals surface area contributed by atoms with Gasteiger partial charge in [0.25, 0.3) is 0 Å². The lowest BCUT2D eigenvalue weighted by Crippen LogP contribution is -2.69. The Morgan fingerprint density at radius 1 is 1.10 bits per heavy atom. The predicted molar refractivity (Wildman–Crippen MR) is 162 cm³/mol. The number of nitrogens with zero attached hydrogens (tertiary/aromatic N) is 5. The molecule has 6 rings (SSSR count). The summed E-state index contributed by atoms with van der Waals surface area (Å²) in [5.41, 5.74) is 5.97. The van der Waals surface area contributed by atoms with Gasteiger partial charge in [-0.1, -0.05) is 18.1 Å². The molecular weight excluding hydrogens is 534 g/mol. The van der Waals surface area contributed by atoms with Gasteiger partial charge >= 0.3 is 11.8 Å². The summed E-state index contributed by atoms with van der Waals surface area (Å²) >= 11 is 1.79. The summed E-state index contributed by atoms with van der Waals surface area (Å²) < 4.78 is 1.17. The molecule has 3 aromatic rings. The van der Waals surface area contributed by atoms with E-state index in [0.29, 0.717) is 24.1 Å². The van der Waals surface area contributed by atoms with Gasteiger partial charge in [0.15, 0.2) is 5.69 Å². The molecule has 0 radical (unpaired) electrons. The molecule has 2 atom stereocenters. The van der Waals surface area contributed by atoms with Crippen molar-refractivity contribution < 1.29 is 15.0 Å². The lowest BCUT2D eigenvalue weighted by Gasteiger charge is -2.53. The Labute approximate surface area is 245 Å². The van der Waals surface area contributed by atoms with Gasteiger partial charge in [-0.25, -0.2) is 4.98 Å². The van der Waals surface area contributed by atoms with Crippen molar-refractivity contribution in [2.45, 2.75) is 83.3 Å². The van der Waals surface area contributed by atoms with Crippen molar-refractivity contribution in [1.29, 1.82) is 0 Å². The first-order valence-electron chi connectivity index (χ1n) is 14.5. The van der Waals surface area contributed by atoms with Crippen molar-refractivity contribution in [3.8, 4) is 0 Å². The van der Waals surface area contributed by atoms with Crippen LogP contribution in [0.5, 0.6) is 0 Å². The smallest absolute Gasteiger partial charge is 0.314 e. The Morgan fingerprint density at radius 3 is 2.61 bits per heavy atom. The van der Waals surface area contributed by atoms with E-state index in [4.69, 9.17) is 4.98 Å². The number of nitrogens with two attached hydrogens (primary N) is 1. The largest absolute Gasteiger partial charge is 0.327 e. The quantitative estimate of drug-likeness (QED) is 0.353. The number of rotatable bonds is 3. The Hall–Kier alpha value is -3.21. The standard InChI is InChI=1S/C31H39N7O2S/c1-18-7-9-24(38(17-18)29(40)27(39)34-23-16-32-14-21-15-33-36-26(21)23)19-8-10-25-22(11-19)35-28(41-25)20-12-30(2,3)37(6)31(4,5)13-20/h8,10-11,14-16,18,20,24H,7,9,12-13,17H2,1-6H3,(H,33,36)(H,34,39)/p+1/t18-,24+/m0/s1. The van der Waals surface area contributed by atoms with Gasteiger partial charge in [-0.05, 0) is 84.0 Å². The van der Waals surface area contributed by atoms with E-state index in [-0.39, 0.29) is 17.1 Å². The van der Waals surface area contributed by atoms with E-state index >= 15 is 0 Å². The molecule has 5 heterocycles. The maximum atomic E-state index is 13.6. The second kappa shape index (κ2) is 10.3. The SMILES string of the molecule is C[C@H]1CC[C@H](c2ccc3sc(C4CC(C)(C)N(C)C(C)(C)C4)nc3c2)N(C(=O)C(=O)Nc2cncc3c2[NH2+]N=C3)C1. The maximum Gasteiger partial charge on any atom is 0.314 e. The summed E-state index contributed by atoms with van der Waals surface area (Å²) in [5.74, 6) is -0.443. The molecule has 2 amide bonds. The van der Waals surface area contributed by atoms with E-state index in [0.717, 1.165) is 48.0 Å². The van der Waals surface area contributed by atoms with Crippen molar-refractivity contribution >= 4 is 51.0 Å². The summed E-state index contributed by atoms with van der Waals surface area (Å²) in [6, 6.07) is 6.23. The topological polar surface area (TPSA) is 107 Å². The fourth-order valence-electron chi connectivity index (χ4n) is 6.95. The van der Waals surface area contributed by atoms with E-state index in [1.165, 1.54) is 9.71 Å². The van der Waals surface area contributed by atoms with Crippen molar-refractivity contribution in [1.82, 2.24) is 19.8 Å². The van der Waals surface area contributed by atoms with E-state index in [2.05, 4.69) is 80.2 Å². The third-order valence-electron chi connectivity index (χ3n) is 9.43. The number of anilines is 1. The van der Waals surface area contributed by atoms with Crippen LogP contribution in [0.4, 0.5) is 11.4 Å². The fourth-order valence-corrected chi connectivity index (χ4v) is 7.99. The summed E-state index contributed by atoms with van der Waals surface area (Å²) in [6.07, 6.45) is 8.89. The molecule has 41 heavy (non-hydrogen) atoms. The highest BCUT2D eigenvalue weighted by Gasteiger charge is 2.44. The van der Waals surface area contributed by atoms with Crippen LogP contribution in [0.25, 0.3) is 10.2 Å². The van der Waals surface area contributed by atoms with Crippen LogP contribution in [0.3, 0.4) is 0 Å². The number of benzene rings is 1. The molecular formula is C31H40N7O2S+.